The molecule has 0 radical (unpaired) electrons. The van der Waals surface area contributed by atoms with Crippen LogP contribution in [0.5, 0.6) is 0 Å². The first-order chi connectivity index (χ1) is 13.6. The minimum Gasteiger partial charge on any atom is -0.280 e. The first-order valence-corrected chi connectivity index (χ1v) is 10.2. The molecule has 3 aromatic rings. The largest absolute Gasteiger partial charge is 0.280 e. The van der Waals surface area contributed by atoms with Crippen LogP contribution in [0.1, 0.15) is 50.1 Å². The molecular formula is C25H25ClN2O. The molecule has 0 spiro atoms. The Balaban J connectivity index is 1.90. The highest BCUT2D eigenvalue weighted by atomic mass is 35.5. The van der Waals surface area contributed by atoms with Crippen LogP contribution in [-0.2, 0) is 15.6 Å². The summed E-state index contributed by atoms with van der Waals surface area (Å²) in [4.78, 5) is 19.9. The number of benzene rings is 2. The molecule has 4 rings (SSSR count). The lowest BCUT2D eigenvalue weighted by Gasteiger charge is -2.27. The summed E-state index contributed by atoms with van der Waals surface area (Å²) in [6, 6.07) is 17.9. The molecule has 1 aromatic heterocycles. The number of nitrogens with zero attached hydrogens (tertiary/aromatic N) is 2. The molecule has 1 unspecified atom stereocenters. The molecule has 1 amide bonds. The van der Waals surface area contributed by atoms with E-state index in [0.29, 0.717) is 5.02 Å². The van der Waals surface area contributed by atoms with Gasteiger partial charge in [0.2, 0.25) is 5.91 Å². The van der Waals surface area contributed by atoms with E-state index in [2.05, 4.69) is 50.0 Å². The van der Waals surface area contributed by atoms with E-state index < -0.39 is 5.41 Å². The highest BCUT2D eigenvalue weighted by Crippen LogP contribution is 2.49. The highest BCUT2D eigenvalue weighted by Gasteiger charge is 2.49. The Morgan fingerprint density at radius 1 is 1.00 bits per heavy atom. The molecule has 0 aliphatic carbocycles. The number of carbonyl (C=O) groups is 1. The first-order valence-electron chi connectivity index (χ1n) is 9.80. The number of fused-ring (bicyclic) bond motifs is 1. The molecule has 0 saturated heterocycles. The normalized spacial score (nSPS) is 18.8. The monoisotopic (exact) mass is 404 g/mol. The van der Waals surface area contributed by atoms with E-state index >= 15 is 0 Å². The van der Waals surface area contributed by atoms with E-state index in [0.717, 1.165) is 28.2 Å². The van der Waals surface area contributed by atoms with Gasteiger partial charge in [0.15, 0.2) is 0 Å². The van der Waals surface area contributed by atoms with Crippen molar-refractivity contribution in [1.82, 2.24) is 4.98 Å². The summed E-state index contributed by atoms with van der Waals surface area (Å²) in [6.07, 6.45) is 1.74. The van der Waals surface area contributed by atoms with Crippen LogP contribution in [0.2, 0.25) is 5.02 Å². The summed E-state index contributed by atoms with van der Waals surface area (Å²) < 4.78 is 0. The zero-order valence-corrected chi connectivity index (χ0v) is 18.2. The number of hydrogen-bond donors (Lipinski definition) is 0. The van der Waals surface area contributed by atoms with Crippen LogP contribution >= 0.6 is 11.6 Å². The lowest BCUT2D eigenvalue weighted by Crippen LogP contribution is -2.36. The Bertz CT molecular complexity index is 1100. The van der Waals surface area contributed by atoms with E-state index in [-0.39, 0.29) is 11.3 Å². The number of carbonyl (C=O) groups excluding carboxylic acids is 1. The molecule has 0 N–H and O–H groups in total. The number of rotatable bonds is 2. The molecule has 4 heteroatoms. The average molecular weight is 405 g/mol. The molecular weight excluding hydrogens is 380 g/mol. The van der Waals surface area contributed by atoms with Crippen molar-refractivity contribution in [3.63, 3.8) is 0 Å². The van der Waals surface area contributed by atoms with Crippen molar-refractivity contribution >= 4 is 28.9 Å². The van der Waals surface area contributed by atoms with Crippen molar-refractivity contribution in [2.45, 2.75) is 45.4 Å². The van der Waals surface area contributed by atoms with Crippen LogP contribution in [0, 0.1) is 6.92 Å². The van der Waals surface area contributed by atoms with Crippen LogP contribution in [-0.4, -0.2) is 10.9 Å². The number of aryl methyl sites for hydroxylation is 1. The van der Waals surface area contributed by atoms with Gasteiger partial charge in [-0.1, -0.05) is 56.6 Å². The number of anilines is 2. The summed E-state index contributed by atoms with van der Waals surface area (Å²) in [5.41, 5.74) is 4.93. The number of amides is 1. The molecule has 0 fully saturated rings. The van der Waals surface area contributed by atoms with Gasteiger partial charge in [-0.15, -0.1) is 0 Å². The van der Waals surface area contributed by atoms with E-state index in [4.69, 9.17) is 11.6 Å². The number of halogens is 1. The van der Waals surface area contributed by atoms with Gasteiger partial charge in [0.05, 0.1) is 16.8 Å². The third-order valence-electron chi connectivity index (χ3n) is 5.84. The van der Waals surface area contributed by atoms with Gasteiger partial charge in [0, 0.05) is 16.9 Å². The minimum atomic E-state index is -0.812. The van der Waals surface area contributed by atoms with Crippen molar-refractivity contribution < 1.29 is 4.79 Å². The summed E-state index contributed by atoms with van der Waals surface area (Å²) in [7, 11) is 0. The topological polar surface area (TPSA) is 33.2 Å². The molecule has 0 saturated carbocycles. The maximum Gasteiger partial charge on any atom is 0.246 e. The van der Waals surface area contributed by atoms with Gasteiger partial charge in [-0.2, -0.15) is 0 Å². The molecule has 0 bridgehead atoms. The summed E-state index contributed by atoms with van der Waals surface area (Å²) >= 11 is 6.35. The van der Waals surface area contributed by atoms with Crippen LogP contribution in [0.3, 0.4) is 0 Å². The van der Waals surface area contributed by atoms with Crippen LogP contribution in [0.4, 0.5) is 11.4 Å². The Labute approximate surface area is 177 Å². The second-order valence-electron chi connectivity index (χ2n) is 8.91. The molecule has 1 atom stereocenters. The second-order valence-corrected chi connectivity index (χ2v) is 9.35. The van der Waals surface area contributed by atoms with Crippen LogP contribution < -0.4 is 4.90 Å². The Hall–Kier alpha value is -2.65. The Morgan fingerprint density at radius 2 is 1.69 bits per heavy atom. The van der Waals surface area contributed by atoms with E-state index in [1.54, 1.807) is 11.1 Å². The van der Waals surface area contributed by atoms with Gasteiger partial charge < -0.3 is 0 Å². The first kappa shape index (κ1) is 19.7. The maximum atomic E-state index is 13.9. The molecule has 29 heavy (non-hydrogen) atoms. The predicted molar refractivity (Wildman–Crippen MR) is 119 cm³/mol. The number of aromatic nitrogens is 1. The summed E-state index contributed by atoms with van der Waals surface area (Å²) in [5, 5.41) is 0.627. The summed E-state index contributed by atoms with van der Waals surface area (Å²) in [6.45, 7) is 10.5. The van der Waals surface area contributed by atoms with E-state index in [1.807, 2.05) is 44.2 Å². The molecule has 148 valence electrons. The maximum absolute atomic E-state index is 13.9. The third kappa shape index (κ3) is 3.14. The Kier molecular flexibility index (Phi) is 4.54. The minimum absolute atomic E-state index is 0.0175. The van der Waals surface area contributed by atoms with Crippen LogP contribution in [0.25, 0.3) is 0 Å². The highest BCUT2D eigenvalue weighted by molar-refractivity contribution is 6.31. The number of pyridine rings is 1. The van der Waals surface area contributed by atoms with Gasteiger partial charge in [0.25, 0.3) is 0 Å². The molecule has 2 aromatic carbocycles. The SMILES string of the molecule is Cc1cc(N2C(=O)C(C)(c3ccc(C(C)(C)C)cc3)c3cc(Cl)ccc32)ccn1. The van der Waals surface area contributed by atoms with Crippen molar-refractivity contribution in [3.8, 4) is 0 Å². The molecule has 1 aliphatic heterocycles. The van der Waals surface area contributed by atoms with E-state index in [1.165, 1.54) is 5.56 Å². The van der Waals surface area contributed by atoms with Crippen molar-refractivity contribution in [2.24, 2.45) is 0 Å². The fraction of sp³-hybridized carbons (Fsp3) is 0.280. The smallest absolute Gasteiger partial charge is 0.246 e. The summed E-state index contributed by atoms with van der Waals surface area (Å²) in [5.74, 6) is 0.0175. The second kappa shape index (κ2) is 6.70. The van der Waals surface area contributed by atoms with Crippen molar-refractivity contribution in [1.29, 1.82) is 0 Å². The lowest BCUT2D eigenvalue weighted by atomic mass is 9.76. The third-order valence-corrected chi connectivity index (χ3v) is 6.07. The Morgan fingerprint density at radius 3 is 2.31 bits per heavy atom. The van der Waals surface area contributed by atoms with Crippen LogP contribution in [0.15, 0.2) is 60.8 Å². The molecule has 2 heterocycles. The lowest BCUT2D eigenvalue weighted by molar-refractivity contribution is -0.120. The van der Waals surface area contributed by atoms with Gasteiger partial charge in [-0.05, 0) is 66.3 Å². The molecule has 1 aliphatic rings. The van der Waals surface area contributed by atoms with Gasteiger partial charge in [-0.25, -0.2) is 0 Å². The average Bonchev–Trinajstić information content (AvgIpc) is 2.89. The quantitative estimate of drug-likeness (QED) is 0.500. The van der Waals surface area contributed by atoms with Gasteiger partial charge >= 0.3 is 0 Å². The fourth-order valence-corrected chi connectivity index (χ4v) is 4.23. The predicted octanol–water partition coefficient (Wildman–Crippen LogP) is 6.33. The standard InChI is InChI=1S/C25H25ClN2O/c1-16-14-20(12-13-27-16)28-22-11-10-19(26)15-21(22)25(5,23(28)29)18-8-6-17(7-9-18)24(2,3)4/h6-15H,1-5H3. The zero-order valence-electron chi connectivity index (χ0n) is 17.5. The fourth-order valence-electron chi connectivity index (χ4n) is 4.06. The zero-order chi connectivity index (χ0) is 21.0. The van der Waals surface area contributed by atoms with Gasteiger partial charge in [0.1, 0.15) is 0 Å². The van der Waals surface area contributed by atoms with Crippen molar-refractivity contribution in [2.75, 3.05) is 4.90 Å². The van der Waals surface area contributed by atoms with Gasteiger partial charge in [-0.3, -0.25) is 14.7 Å². The number of hydrogen-bond acceptors (Lipinski definition) is 2. The molecule has 3 nitrogen and oxygen atoms in total. The van der Waals surface area contributed by atoms with E-state index in [9.17, 15) is 4.79 Å². The van der Waals surface area contributed by atoms with Crippen molar-refractivity contribution in [3.05, 3.63) is 88.2 Å².